The van der Waals surface area contributed by atoms with Crippen molar-refractivity contribution in [2.75, 3.05) is 18.4 Å². The first-order valence-electron chi connectivity index (χ1n) is 9.82. The van der Waals surface area contributed by atoms with Gasteiger partial charge in [0, 0.05) is 19.6 Å². The summed E-state index contributed by atoms with van der Waals surface area (Å²) in [5.74, 6) is -0.0999. The number of anilines is 1. The zero-order chi connectivity index (χ0) is 20.4. The molecule has 0 bridgehead atoms. The van der Waals surface area contributed by atoms with E-state index in [-0.39, 0.29) is 17.3 Å². The fourth-order valence-electron chi connectivity index (χ4n) is 3.82. The fraction of sp³-hybridized carbons (Fsp3) is 0.333. The number of nitrogens with one attached hydrogen (secondary N) is 1. The summed E-state index contributed by atoms with van der Waals surface area (Å²) in [5.41, 5.74) is 1.78. The maximum Gasteiger partial charge on any atom is 0.243 e. The number of para-hydroxylation sites is 2. The number of amides is 1. The third kappa shape index (κ3) is 3.77. The molecule has 152 valence electrons. The Balaban J connectivity index is 1.53. The van der Waals surface area contributed by atoms with E-state index in [9.17, 15) is 13.2 Å². The van der Waals surface area contributed by atoms with Gasteiger partial charge in [-0.15, -0.1) is 0 Å². The van der Waals surface area contributed by atoms with Gasteiger partial charge in [-0.05, 0) is 44.0 Å². The highest BCUT2D eigenvalue weighted by Crippen LogP contribution is 2.25. The van der Waals surface area contributed by atoms with E-state index in [0.29, 0.717) is 31.9 Å². The summed E-state index contributed by atoms with van der Waals surface area (Å²) >= 11 is 0. The Morgan fingerprint density at radius 3 is 2.62 bits per heavy atom. The van der Waals surface area contributed by atoms with E-state index in [1.54, 1.807) is 30.3 Å². The molecule has 0 radical (unpaired) electrons. The topological polar surface area (TPSA) is 84.3 Å². The summed E-state index contributed by atoms with van der Waals surface area (Å²) in [6.07, 6.45) is 1.30. The Morgan fingerprint density at radius 1 is 1.14 bits per heavy atom. The largest absolute Gasteiger partial charge is 0.310 e. The maximum absolute atomic E-state index is 12.9. The Bertz CT molecular complexity index is 1130. The van der Waals surface area contributed by atoms with Crippen molar-refractivity contribution in [3.63, 3.8) is 0 Å². The van der Waals surface area contributed by atoms with Crippen LogP contribution in [0.25, 0.3) is 11.0 Å². The number of carbonyl (C=O) groups excluding carboxylic acids is 1. The predicted molar refractivity (Wildman–Crippen MR) is 112 cm³/mol. The first kappa shape index (κ1) is 19.6. The van der Waals surface area contributed by atoms with Crippen LogP contribution < -0.4 is 5.32 Å². The average molecular weight is 413 g/mol. The molecule has 4 rings (SSSR count). The Kier molecular flexibility index (Phi) is 5.38. The number of hydrogen-bond donors (Lipinski definition) is 1. The molecule has 1 atom stereocenters. The monoisotopic (exact) mass is 412 g/mol. The van der Waals surface area contributed by atoms with Crippen LogP contribution in [-0.4, -0.2) is 41.3 Å². The summed E-state index contributed by atoms with van der Waals surface area (Å²) in [7, 11) is -3.60. The molecule has 1 N–H and O–H groups in total. The minimum atomic E-state index is -3.60. The second kappa shape index (κ2) is 7.96. The summed E-state index contributed by atoms with van der Waals surface area (Å²) in [6, 6.07) is 16.1. The van der Waals surface area contributed by atoms with Gasteiger partial charge < -0.3 is 4.57 Å². The van der Waals surface area contributed by atoms with Crippen LogP contribution in [0.4, 0.5) is 5.95 Å². The number of aromatic nitrogens is 2. The van der Waals surface area contributed by atoms with Crippen molar-refractivity contribution in [1.82, 2.24) is 13.9 Å². The lowest BCUT2D eigenvalue weighted by molar-refractivity contribution is -0.120. The van der Waals surface area contributed by atoms with Crippen molar-refractivity contribution in [2.24, 2.45) is 5.92 Å². The molecule has 1 unspecified atom stereocenters. The highest BCUT2D eigenvalue weighted by atomic mass is 32.2. The Morgan fingerprint density at radius 2 is 1.86 bits per heavy atom. The first-order valence-corrected chi connectivity index (χ1v) is 11.3. The molecule has 8 heteroatoms. The van der Waals surface area contributed by atoms with Crippen LogP contribution in [0.3, 0.4) is 0 Å². The molecule has 1 aliphatic heterocycles. The summed E-state index contributed by atoms with van der Waals surface area (Å²) in [5, 5.41) is 2.92. The second-order valence-electron chi connectivity index (χ2n) is 7.17. The molecule has 1 amide bonds. The zero-order valence-corrected chi connectivity index (χ0v) is 17.1. The van der Waals surface area contributed by atoms with E-state index in [1.807, 2.05) is 35.8 Å². The van der Waals surface area contributed by atoms with Gasteiger partial charge in [0.2, 0.25) is 21.9 Å². The number of imidazole rings is 1. The van der Waals surface area contributed by atoms with E-state index in [1.165, 1.54) is 4.31 Å². The number of fused-ring (bicyclic) bond motifs is 1. The normalized spacial score (nSPS) is 18.0. The third-order valence-corrected chi connectivity index (χ3v) is 7.22. The molecule has 1 aliphatic rings. The molecule has 0 spiro atoms. The molecule has 0 aliphatic carbocycles. The van der Waals surface area contributed by atoms with E-state index in [2.05, 4.69) is 10.3 Å². The number of carbonyl (C=O) groups is 1. The summed E-state index contributed by atoms with van der Waals surface area (Å²) in [4.78, 5) is 17.7. The molecule has 7 nitrogen and oxygen atoms in total. The molecule has 3 aromatic rings. The molecular formula is C21H24N4O3S. The number of nitrogens with zero attached hydrogens (tertiary/aromatic N) is 3. The molecule has 1 fully saturated rings. The Labute approximate surface area is 170 Å². The quantitative estimate of drug-likeness (QED) is 0.698. The molecule has 0 saturated carbocycles. The van der Waals surface area contributed by atoms with Gasteiger partial charge in [-0.25, -0.2) is 13.4 Å². The SMILES string of the molecule is CCn1c(NC(=O)C2CCCN(S(=O)(=O)c3ccccc3)C2)nc2ccccc21. The third-order valence-electron chi connectivity index (χ3n) is 5.34. The number of hydrogen-bond acceptors (Lipinski definition) is 4. The highest BCUT2D eigenvalue weighted by molar-refractivity contribution is 7.89. The van der Waals surface area contributed by atoms with Crippen molar-refractivity contribution >= 4 is 32.9 Å². The average Bonchev–Trinajstić information content (AvgIpc) is 3.11. The lowest BCUT2D eigenvalue weighted by Crippen LogP contribution is -2.43. The molecule has 2 aromatic carbocycles. The highest BCUT2D eigenvalue weighted by Gasteiger charge is 2.33. The minimum Gasteiger partial charge on any atom is -0.310 e. The smallest absolute Gasteiger partial charge is 0.243 e. The van der Waals surface area contributed by atoms with Gasteiger partial charge in [0.25, 0.3) is 0 Å². The van der Waals surface area contributed by atoms with Crippen LogP contribution in [0.5, 0.6) is 0 Å². The summed E-state index contributed by atoms with van der Waals surface area (Å²) in [6.45, 7) is 3.28. The number of sulfonamides is 1. The number of aryl methyl sites for hydroxylation is 1. The lowest BCUT2D eigenvalue weighted by atomic mass is 9.99. The van der Waals surface area contributed by atoms with Gasteiger partial charge in [0.05, 0.1) is 21.8 Å². The van der Waals surface area contributed by atoms with Crippen LogP contribution >= 0.6 is 0 Å². The van der Waals surface area contributed by atoms with E-state index < -0.39 is 15.9 Å². The van der Waals surface area contributed by atoms with Crippen molar-refractivity contribution < 1.29 is 13.2 Å². The van der Waals surface area contributed by atoms with Gasteiger partial charge in [-0.1, -0.05) is 30.3 Å². The van der Waals surface area contributed by atoms with Crippen LogP contribution in [0.2, 0.25) is 0 Å². The van der Waals surface area contributed by atoms with Crippen LogP contribution in [0.15, 0.2) is 59.5 Å². The number of rotatable bonds is 5. The molecular weight excluding hydrogens is 388 g/mol. The van der Waals surface area contributed by atoms with E-state index >= 15 is 0 Å². The number of piperidine rings is 1. The molecule has 1 aromatic heterocycles. The molecule has 29 heavy (non-hydrogen) atoms. The van der Waals surface area contributed by atoms with E-state index in [0.717, 1.165) is 11.0 Å². The van der Waals surface area contributed by atoms with Crippen molar-refractivity contribution in [1.29, 1.82) is 0 Å². The van der Waals surface area contributed by atoms with Gasteiger partial charge >= 0.3 is 0 Å². The van der Waals surface area contributed by atoms with Crippen molar-refractivity contribution in [3.05, 3.63) is 54.6 Å². The van der Waals surface area contributed by atoms with Crippen molar-refractivity contribution in [2.45, 2.75) is 31.2 Å². The maximum atomic E-state index is 12.9. The number of benzene rings is 2. The predicted octanol–water partition coefficient (Wildman–Crippen LogP) is 3.10. The van der Waals surface area contributed by atoms with Crippen LogP contribution in [0, 0.1) is 5.92 Å². The summed E-state index contributed by atoms with van der Waals surface area (Å²) < 4.78 is 29.2. The standard InChI is InChI=1S/C21H24N4O3S/c1-2-25-19-13-7-6-12-18(19)22-21(25)23-20(26)16-9-8-14-24(15-16)29(27,28)17-10-4-3-5-11-17/h3-7,10-13,16H,2,8-9,14-15H2,1H3,(H,22,23,26). The first-order chi connectivity index (χ1) is 14.0. The fourth-order valence-corrected chi connectivity index (χ4v) is 5.36. The lowest BCUT2D eigenvalue weighted by Gasteiger charge is -2.31. The molecule has 1 saturated heterocycles. The van der Waals surface area contributed by atoms with Crippen molar-refractivity contribution in [3.8, 4) is 0 Å². The van der Waals surface area contributed by atoms with E-state index in [4.69, 9.17) is 0 Å². The molecule has 2 heterocycles. The minimum absolute atomic E-state index is 0.176. The van der Waals surface area contributed by atoms with Gasteiger partial charge in [-0.2, -0.15) is 4.31 Å². The van der Waals surface area contributed by atoms with Gasteiger partial charge in [0.15, 0.2) is 0 Å². The Hall–Kier alpha value is -2.71. The van der Waals surface area contributed by atoms with Crippen LogP contribution in [-0.2, 0) is 21.4 Å². The van der Waals surface area contributed by atoms with Gasteiger partial charge in [-0.3, -0.25) is 10.1 Å². The second-order valence-corrected chi connectivity index (χ2v) is 9.11. The van der Waals surface area contributed by atoms with Crippen LogP contribution in [0.1, 0.15) is 19.8 Å². The van der Waals surface area contributed by atoms with Gasteiger partial charge in [0.1, 0.15) is 0 Å². The zero-order valence-electron chi connectivity index (χ0n) is 16.3.